The van der Waals surface area contributed by atoms with Crippen LogP contribution in [0, 0.1) is 6.92 Å². The van der Waals surface area contributed by atoms with Crippen LogP contribution in [0.5, 0.6) is 0 Å². The largest absolute Gasteiger partial charge is 0.334 e. The van der Waals surface area contributed by atoms with Crippen molar-refractivity contribution in [1.82, 2.24) is 10.2 Å². The Morgan fingerprint density at radius 3 is 2.78 bits per heavy atom. The number of rotatable bonds is 4. The molecular formula is C19H23N3O. The Kier molecular flexibility index (Phi) is 4.93. The van der Waals surface area contributed by atoms with Crippen LogP contribution < -0.4 is 10.6 Å². The summed E-state index contributed by atoms with van der Waals surface area (Å²) in [5.41, 5.74) is 3.29. The summed E-state index contributed by atoms with van der Waals surface area (Å²) in [6, 6.07) is 18.4. The second-order valence-corrected chi connectivity index (χ2v) is 6.17. The molecule has 2 N–H and O–H groups in total. The van der Waals surface area contributed by atoms with Gasteiger partial charge in [0.15, 0.2) is 0 Å². The van der Waals surface area contributed by atoms with Gasteiger partial charge in [-0.05, 0) is 36.6 Å². The van der Waals surface area contributed by atoms with Crippen molar-refractivity contribution in [2.45, 2.75) is 25.9 Å². The molecule has 2 aromatic rings. The molecule has 1 unspecified atom stereocenters. The minimum atomic E-state index is -0.123. The number of urea groups is 1. The fourth-order valence-electron chi connectivity index (χ4n) is 3.01. The first kappa shape index (κ1) is 15.6. The van der Waals surface area contributed by atoms with Crippen LogP contribution in [0.2, 0.25) is 0 Å². The van der Waals surface area contributed by atoms with Crippen molar-refractivity contribution in [3.8, 4) is 0 Å². The number of aryl methyl sites for hydroxylation is 1. The van der Waals surface area contributed by atoms with Gasteiger partial charge in [-0.25, -0.2) is 4.79 Å². The first-order chi connectivity index (χ1) is 11.2. The number of carbonyl (C=O) groups excluding carboxylic acids is 1. The summed E-state index contributed by atoms with van der Waals surface area (Å²) >= 11 is 0. The highest BCUT2D eigenvalue weighted by Crippen LogP contribution is 2.14. The zero-order chi connectivity index (χ0) is 16.1. The predicted molar refractivity (Wildman–Crippen MR) is 93.5 cm³/mol. The number of hydrogen-bond donors (Lipinski definition) is 2. The predicted octanol–water partition coefficient (Wildman–Crippen LogP) is 3.39. The maximum atomic E-state index is 12.1. The molecule has 0 aromatic heterocycles. The topological polar surface area (TPSA) is 44.4 Å². The van der Waals surface area contributed by atoms with E-state index in [1.54, 1.807) is 0 Å². The van der Waals surface area contributed by atoms with Crippen LogP contribution in [0.25, 0.3) is 0 Å². The molecule has 1 aliphatic heterocycles. The molecule has 4 nitrogen and oxygen atoms in total. The molecule has 1 aliphatic rings. The quantitative estimate of drug-likeness (QED) is 0.909. The molecule has 4 heteroatoms. The average Bonchev–Trinajstić information content (AvgIpc) is 2.95. The van der Waals surface area contributed by atoms with E-state index in [0.717, 1.165) is 37.3 Å². The lowest BCUT2D eigenvalue weighted by Gasteiger charge is -2.17. The fourth-order valence-corrected chi connectivity index (χ4v) is 3.01. The van der Waals surface area contributed by atoms with Crippen molar-refractivity contribution in [3.05, 3.63) is 65.7 Å². The van der Waals surface area contributed by atoms with Crippen LogP contribution in [0.3, 0.4) is 0 Å². The van der Waals surface area contributed by atoms with Crippen LogP contribution >= 0.6 is 0 Å². The van der Waals surface area contributed by atoms with Crippen molar-refractivity contribution in [2.75, 3.05) is 18.4 Å². The van der Waals surface area contributed by atoms with Gasteiger partial charge in [0.1, 0.15) is 0 Å². The molecule has 0 spiro atoms. The lowest BCUT2D eigenvalue weighted by molar-refractivity contribution is 0.247. The third-order valence-corrected chi connectivity index (χ3v) is 4.13. The van der Waals surface area contributed by atoms with Crippen molar-refractivity contribution < 1.29 is 4.79 Å². The molecule has 2 amide bonds. The van der Waals surface area contributed by atoms with Crippen LogP contribution in [0.1, 0.15) is 17.5 Å². The zero-order valence-corrected chi connectivity index (χ0v) is 13.5. The average molecular weight is 309 g/mol. The van der Waals surface area contributed by atoms with E-state index in [2.05, 4.69) is 39.8 Å². The normalized spacial score (nSPS) is 17.9. The summed E-state index contributed by atoms with van der Waals surface area (Å²) in [5.74, 6) is 0. The number of likely N-dealkylation sites (tertiary alicyclic amines) is 1. The third kappa shape index (κ3) is 4.57. The van der Waals surface area contributed by atoms with Crippen LogP contribution in [-0.2, 0) is 6.54 Å². The molecular weight excluding hydrogens is 286 g/mol. The second kappa shape index (κ2) is 7.29. The van der Waals surface area contributed by atoms with E-state index in [9.17, 15) is 4.79 Å². The smallest absolute Gasteiger partial charge is 0.319 e. The van der Waals surface area contributed by atoms with E-state index >= 15 is 0 Å². The molecule has 1 saturated heterocycles. The van der Waals surface area contributed by atoms with Crippen molar-refractivity contribution in [2.24, 2.45) is 0 Å². The Morgan fingerprint density at radius 2 is 2.00 bits per heavy atom. The van der Waals surface area contributed by atoms with Gasteiger partial charge in [-0.15, -0.1) is 0 Å². The zero-order valence-electron chi connectivity index (χ0n) is 13.5. The highest BCUT2D eigenvalue weighted by Gasteiger charge is 2.23. The van der Waals surface area contributed by atoms with E-state index in [1.807, 2.05) is 37.3 Å². The molecule has 1 fully saturated rings. The number of anilines is 1. The van der Waals surface area contributed by atoms with Gasteiger partial charge >= 0.3 is 6.03 Å². The molecule has 1 atom stereocenters. The summed E-state index contributed by atoms with van der Waals surface area (Å²) in [4.78, 5) is 14.5. The van der Waals surface area contributed by atoms with Crippen LogP contribution in [0.15, 0.2) is 54.6 Å². The Balaban J connectivity index is 1.47. The summed E-state index contributed by atoms with van der Waals surface area (Å²) in [6.07, 6.45) is 0.994. The molecule has 120 valence electrons. The van der Waals surface area contributed by atoms with Gasteiger partial charge in [-0.2, -0.15) is 0 Å². The monoisotopic (exact) mass is 309 g/mol. The van der Waals surface area contributed by atoms with Crippen molar-refractivity contribution in [1.29, 1.82) is 0 Å². The molecule has 1 heterocycles. The van der Waals surface area contributed by atoms with Gasteiger partial charge in [0, 0.05) is 31.4 Å². The molecule has 0 aliphatic carbocycles. The molecule has 0 saturated carbocycles. The highest BCUT2D eigenvalue weighted by atomic mass is 16.2. The van der Waals surface area contributed by atoms with E-state index in [1.165, 1.54) is 5.56 Å². The lowest BCUT2D eigenvalue weighted by Crippen LogP contribution is -2.39. The Hall–Kier alpha value is -2.33. The third-order valence-electron chi connectivity index (χ3n) is 4.13. The Bertz CT molecular complexity index is 657. The number of nitrogens with zero attached hydrogens (tertiary/aromatic N) is 1. The number of hydrogen-bond acceptors (Lipinski definition) is 2. The number of benzene rings is 2. The summed E-state index contributed by atoms with van der Waals surface area (Å²) in [6.45, 7) is 4.88. The Morgan fingerprint density at radius 1 is 1.17 bits per heavy atom. The SMILES string of the molecule is Cc1cccc(NC(=O)NC2CCN(Cc3ccccc3)C2)c1. The van der Waals surface area contributed by atoms with Gasteiger partial charge in [0.05, 0.1) is 0 Å². The summed E-state index contributed by atoms with van der Waals surface area (Å²) in [5, 5.41) is 5.98. The molecule has 3 rings (SSSR count). The maximum Gasteiger partial charge on any atom is 0.319 e. The first-order valence-corrected chi connectivity index (χ1v) is 8.09. The van der Waals surface area contributed by atoms with E-state index in [4.69, 9.17) is 0 Å². The van der Waals surface area contributed by atoms with Crippen LogP contribution in [-0.4, -0.2) is 30.1 Å². The van der Waals surface area contributed by atoms with Gasteiger partial charge in [0.2, 0.25) is 0 Å². The molecule has 0 radical (unpaired) electrons. The van der Waals surface area contributed by atoms with Crippen molar-refractivity contribution >= 4 is 11.7 Å². The number of nitrogens with one attached hydrogen (secondary N) is 2. The molecule has 23 heavy (non-hydrogen) atoms. The minimum absolute atomic E-state index is 0.123. The van der Waals surface area contributed by atoms with Gasteiger partial charge in [-0.3, -0.25) is 4.90 Å². The molecule has 0 bridgehead atoms. The Labute approximate surface area is 137 Å². The number of carbonyl (C=O) groups is 1. The van der Waals surface area contributed by atoms with E-state index in [0.29, 0.717) is 0 Å². The van der Waals surface area contributed by atoms with Gasteiger partial charge in [0.25, 0.3) is 0 Å². The minimum Gasteiger partial charge on any atom is -0.334 e. The van der Waals surface area contributed by atoms with Crippen LogP contribution in [0.4, 0.5) is 10.5 Å². The molecule has 2 aromatic carbocycles. The summed E-state index contributed by atoms with van der Waals surface area (Å²) < 4.78 is 0. The van der Waals surface area contributed by atoms with Gasteiger partial charge < -0.3 is 10.6 Å². The van der Waals surface area contributed by atoms with Crippen molar-refractivity contribution in [3.63, 3.8) is 0 Å². The maximum absolute atomic E-state index is 12.1. The second-order valence-electron chi connectivity index (χ2n) is 6.17. The van der Waals surface area contributed by atoms with E-state index in [-0.39, 0.29) is 12.1 Å². The fraction of sp³-hybridized carbons (Fsp3) is 0.316. The standard InChI is InChI=1S/C19H23N3O/c1-15-6-5-9-17(12-15)20-19(23)21-18-10-11-22(14-18)13-16-7-3-2-4-8-16/h2-9,12,18H,10-11,13-14H2,1H3,(H2,20,21,23). The highest BCUT2D eigenvalue weighted by molar-refractivity contribution is 5.89. The lowest BCUT2D eigenvalue weighted by atomic mass is 10.2. The number of amides is 2. The first-order valence-electron chi connectivity index (χ1n) is 8.09. The summed E-state index contributed by atoms with van der Waals surface area (Å²) in [7, 11) is 0. The van der Waals surface area contributed by atoms with E-state index < -0.39 is 0 Å². The van der Waals surface area contributed by atoms with Gasteiger partial charge in [-0.1, -0.05) is 42.5 Å².